The monoisotopic (exact) mass is 367 g/mol. The maximum Gasteiger partial charge on any atom is 0.226 e. The number of hydrogen-bond acceptors (Lipinski definition) is 4. The number of benzene rings is 2. The van der Waals surface area contributed by atoms with Crippen LogP contribution in [0.4, 0.5) is 5.69 Å². The summed E-state index contributed by atoms with van der Waals surface area (Å²) in [6.07, 6.45) is 1.07. The Balaban J connectivity index is 1.58. The number of thiocarbonyl (C=S) groups is 1. The molecule has 0 unspecified atom stereocenters. The van der Waals surface area contributed by atoms with Crippen molar-refractivity contribution in [1.82, 2.24) is 10.3 Å². The van der Waals surface area contributed by atoms with Crippen molar-refractivity contribution >= 4 is 40.0 Å². The van der Waals surface area contributed by atoms with Crippen LogP contribution in [0.1, 0.15) is 31.7 Å². The fourth-order valence-corrected chi connectivity index (χ4v) is 2.82. The number of para-hydroxylation sites is 2. The molecule has 0 aliphatic carbocycles. The van der Waals surface area contributed by atoms with Crippen molar-refractivity contribution in [3.63, 3.8) is 0 Å². The average Bonchev–Trinajstić information content (AvgIpc) is 2.98. The van der Waals surface area contributed by atoms with E-state index in [1.807, 2.05) is 62.4 Å². The minimum atomic E-state index is -0.0786. The Bertz CT molecular complexity index is 883. The molecule has 1 amide bonds. The Hall–Kier alpha value is -2.73. The predicted molar refractivity (Wildman–Crippen MR) is 107 cm³/mol. The van der Waals surface area contributed by atoms with Gasteiger partial charge in [0.25, 0.3) is 0 Å². The number of oxazole rings is 1. The highest BCUT2D eigenvalue weighted by Crippen LogP contribution is 2.18. The van der Waals surface area contributed by atoms with Crippen LogP contribution in [0.5, 0.6) is 0 Å². The summed E-state index contributed by atoms with van der Waals surface area (Å²) < 4.78 is 5.75. The zero-order valence-electron chi connectivity index (χ0n) is 14.8. The second kappa shape index (κ2) is 8.10. The lowest BCUT2D eigenvalue weighted by Gasteiger charge is -2.11. The van der Waals surface area contributed by atoms with Crippen LogP contribution in [0.2, 0.25) is 0 Å². The van der Waals surface area contributed by atoms with E-state index in [1.54, 1.807) is 0 Å². The van der Waals surface area contributed by atoms with E-state index in [1.165, 1.54) is 0 Å². The Kier molecular flexibility index (Phi) is 5.63. The lowest BCUT2D eigenvalue weighted by atomic mass is 10.1. The summed E-state index contributed by atoms with van der Waals surface area (Å²) >= 11 is 5.17. The number of hydrogen-bond donors (Lipinski definition) is 2. The van der Waals surface area contributed by atoms with Gasteiger partial charge < -0.3 is 15.1 Å². The third-order valence-electron chi connectivity index (χ3n) is 3.75. The molecule has 0 aliphatic heterocycles. The van der Waals surface area contributed by atoms with Gasteiger partial charge in [-0.1, -0.05) is 38.1 Å². The third kappa shape index (κ3) is 4.89. The van der Waals surface area contributed by atoms with Gasteiger partial charge >= 0.3 is 0 Å². The third-order valence-corrected chi connectivity index (χ3v) is 3.96. The topological polar surface area (TPSA) is 67.2 Å². The maximum absolute atomic E-state index is 11.7. The second-order valence-electron chi connectivity index (χ2n) is 6.55. The second-order valence-corrected chi connectivity index (χ2v) is 6.96. The average molecular weight is 367 g/mol. The van der Waals surface area contributed by atoms with Gasteiger partial charge in [-0.2, -0.15) is 0 Å². The van der Waals surface area contributed by atoms with Crippen molar-refractivity contribution in [3.05, 3.63) is 60.0 Å². The molecule has 5 nitrogen and oxygen atoms in total. The number of nitrogens with zero attached hydrogens (tertiary/aromatic N) is 1. The number of fused-ring (bicyclic) bond motifs is 1. The molecule has 0 saturated carbocycles. The summed E-state index contributed by atoms with van der Waals surface area (Å²) in [5.74, 6) is 0.900. The summed E-state index contributed by atoms with van der Waals surface area (Å²) in [5, 5.41) is 6.01. The Morgan fingerprint density at radius 3 is 2.58 bits per heavy atom. The van der Waals surface area contributed by atoms with Crippen molar-refractivity contribution in [1.29, 1.82) is 0 Å². The zero-order chi connectivity index (χ0) is 18.5. The SMILES string of the molecule is CC(C)CC(=O)NC(=S)Nc1ccc(Cc2nc3ccccc3o2)cc1. The van der Waals surface area contributed by atoms with Crippen LogP contribution >= 0.6 is 12.2 Å². The quantitative estimate of drug-likeness (QED) is 0.659. The highest BCUT2D eigenvalue weighted by Gasteiger charge is 2.08. The van der Waals surface area contributed by atoms with E-state index in [0.717, 1.165) is 22.4 Å². The zero-order valence-corrected chi connectivity index (χ0v) is 15.6. The smallest absolute Gasteiger partial charge is 0.226 e. The molecule has 3 rings (SSSR count). The highest BCUT2D eigenvalue weighted by atomic mass is 32.1. The summed E-state index contributed by atoms with van der Waals surface area (Å²) in [6, 6.07) is 15.5. The summed E-state index contributed by atoms with van der Waals surface area (Å²) in [4.78, 5) is 16.2. The molecule has 6 heteroatoms. The number of carbonyl (C=O) groups excluding carboxylic acids is 1. The highest BCUT2D eigenvalue weighted by molar-refractivity contribution is 7.80. The van der Waals surface area contributed by atoms with E-state index >= 15 is 0 Å². The first kappa shape index (κ1) is 18.1. The molecule has 0 saturated heterocycles. The number of amides is 1. The van der Waals surface area contributed by atoms with Crippen molar-refractivity contribution in [3.8, 4) is 0 Å². The van der Waals surface area contributed by atoms with E-state index in [-0.39, 0.29) is 5.91 Å². The predicted octanol–water partition coefficient (Wildman–Crippen LogP) is 4.28. The molecule has 1 aromatic heterocycles. The molecular formula is C20H21N3O2S. The molecule has 0 spiro atoms. The normalized spacial score (nSPS) is 10.9. The molecule has 0 atom stereocenters. The molecule has 0 fully saturated rings. The minimum Gasteiger partial charge on any atom is -0.440 e. The van der Waals surface area contributed by atoms with Gasteiger partial charge in [0.15, 0.2) is 16.6 Å². The fraction of sp³-hybridized carbons (Fsp3) is 0.250. The fourth-order valence-electron chi connectivity index (χ4n) is 2.59. The van der Waals surface area contributed by atoms with E-state index in [4.69, 9.17) is 16.6 Å². The van der Waals surface area contributed by atoms with Crippen LogP contribution in [0.25, 0.3) is 11.1 Å². The van der Waals surface area contributed by atoms with Crippen LogP contribution < -0.4 is 10.6 Å². The summed E-state index contributed by atoms with van der Waals surface area (Å²) in [5.41, 5.74) is 3.56. The Morgan fingerprint density at radius 1 is 1.15 bits per heavy atom. The van der Waals surface area contributed by atoms with Crippen LogP contribution in [0.3, 0.4) is 0 Å². The van der Waals surface area contributed by atoms with Crippen LogP contribution in [-0.4, -0.2) is 16.0 Å². The number of anilines is 1. The number of nitrogens with one attached hydrogen (secondary N) is 2. The van der Waals surface area contributed by atoms with Crippen molar-refractivity contribution in [2.75, 3.05) is 5.32 Å². The number of rotatable bonds is 5. The molecular weight excluding hydrogens is 346 g/mol. The first-order valence-corrected chi connectivity index (χ1v) is 8.94. The van der Waals surface area contributed by atoms with Crippen LogP contribution in [-0.2, 0) is 11.2 Å². The molecule has 1 heterocycles. The van der Waals surface area contributed by atoms with Gasteiger partial charge in [-0.05, 0) is 48.0 Å². The summed E-state index contributed by atoms with van der Waals surface area (Å²) in [7, 11) is 0. The molecule has 2 aromatic carbocycles. The molecule has 26 heavy (non-hydrogen) atoms. The molecule has 0 bridgehead atoms. The number of carbonyl (C=O) groups is 1. The minimum absolute atomic E-state index is 0.0786. The number of aromatic nitrogens is 1. The molecule has 134 valence electrons. The first-order valence-electron chi connectivity index (χ1n) is 8.54. The van der Waals surface area contributed by atoms with Crippen molar-refractivity contribution < 1.29 is 9.21 Å². The van der Waals surface area contributed by atoms with Crippen LogP contribution in [0.15, 0.2) is 52.9 Å². The van der Waals surface area contributed by atoms with E-state index in [9.17, 15) is 4.79 Å². The largest absolute Gasteiger partial charge is 0.440 e. The van der Waals surface area contributed by atoms with Gasteiger partial charge in [-0.15, -0.1) is 0 Å². The molecule has 0 aliphatic rings. The standard InChI is InChI=1S/C20H21N3O2S/c1-13(2)11-18(24)23-20(26)21-15-9-7-14(8-10-15)12-19-22-16-5-3-4-6-17(16)25-19/h3-10,13H,11-12H2,1-2H3,(H2,21,23,24,26). The Morgan fingerprint density at radius 2 is 1.88 bits per heavy atom. The molecule has 0 radical (unpaired) electrons. The van der Waals surface area contributed by atoms with Crippen molar-refractivity contribution in [2.24, 2.45) is 5.92 Å². The lowest BCUT2D eigenvalue weighted by molar-refractivity contribution is -0.120. The molecule has 3 aromatic rings. The van der Waals surface area contributed by atoms with Gasteiger partial charge in [0.2, 0.25) is 5.91 Å². The van der Waals surface area contributed by atoms with E-state index in [2.05, 4.69) is 15.6 Å². The lowest BCUT2D eigenvalue weighted by Crippen LogP contribution is -2.34. The van der Waals surface area contributed by atoms with Gasteiger partial charge in [-0.3, -0.25) is 4.79 Å². The van der Waals surface area contributed by atoms with Gasteiger partial charge in [0.1, 0.15) is 5.52 Å². The molecule has 2 N–H and O–H groups in total. The maximum atomic E-state index is 11.7. The Labute approximate surface area is 157 Å². The van der Waals surface area contributed by atoms with Gasteiger partial charge in [0.05, 0.1) is 0 Å². The van der Waals surface area contributed by atoms with Gasteiger partial charge in [0, 0.05) is 18.5 Å². The van der Waals surface area contributed by atoms with Crippen molar-refractivity contribution in [2.45, 2.75) is 26.7 Å². The van der Waals surface area contributed by atoms with E-state index < -0.39 is 0 Å². The van der Waals surface area contributed by atoms with E-state index in [0.29, 0.717) is 29.8 Å². The summed E-state index contributed by atoms with van der Waals surface area (Å²) in [6.45, 7) is 3.98. The van der Waals surface area contributed by atoms with Crippen LogP contribution in [0, 0.1) is 5.92 Å². The van der Waals surface area contributed by atoms with Gasteiger partial charge in [-0.25, -0.2) is 4.98 Å². The first-order chi connectivity index (χ1) is 12.5.